The van der Waals surface area contributed by atoms with E-state index < -0.39 is 0 Å². The van der Waals surface area contributed by atoms with Crippen molar-refractivity contribution in [3.8, 4) is 0 Å². The van der Waals surface area contributed by atoms with Crippen molar-refractivity contribution in [2.75, 3.05) is 6.54 Å². The van der Waals surface area contributed by atoms with Gasteiger partial charge in [-0.25, -0.2) is 0 Å². The fraction of sp³-hybridized carbons (Fsp3) is 0.857. The maximum atomic E-state index is 2.57. The molecule has 0 saturated heterocycles. The summed E-state index contributed by atoms with van der Waals surface area (Å²) in [6, 6.07) is 0. The zero-order valence-corrected chi connectivity index (χ0v) is 18.2. The summed E-state index contributed by atoms with van der Waals surface area (Å²) >= 11 is -0.103. The SMILES string of the molecule is CCCCCCCCCCCCCCCCCC[N]1C=C[CH]=[Sb]1. The molecule has 0 amide bonds. The second-order valence-corrected chi connectivity index (χ2v) is 10.0. The molecule has 0 radical (unpaired) electrons. The van der Waals surface area contributed by atoms with Gasteiger partial charge < -0.3 is 0 Å². The van der Waals surface area contributed by atoms with E-state index >= 15 is 0 Å². The van der Waals surface area contributed by atoms with Gasteiger partial charge in [-0.05, 0) is 0 Å². The van der Waals surface area contributed by atoms with Crippen LogP contribution in [0.1, 0.15) is 110 Å². The van der Waals surface area contributed by atoms with Crippen molar-refractivity contribution >= 4 is 25.4 Å². The molecule has 0 unspecified atom stereocenters. The van der Waals surface area contributed by atoms with Crippen molar-refractivity contribution in [3.05, 3.63) is 12.3 Å². The first-order valence-electron chi connectivity index (χ1n) is 10.4. The van der Waals surface area contributed by atoms with E-state index in [1.165, 1.54) is 109 Å². The number of unbranched alkanes of at least 4 members (excludes halogenated alkanes) is 15. The van der Waals surface area contributed by atoms with Crippen LogP contribution in [0.15, 0.2) is 12.3 Å². The number of hydrogen-bond acceptors (Lipinski definition) is 1. The molecule has 0 aliphatic carbocycles. The van der Waals surface area contributed by atoms with Crippen LogP contribution >= 0.6 is 0 Å². The Labute approximate surface area is 156 Å². The third kappa shape index (κ3) is 14.3. The van der Waals surface area contributed by atoms with Crippen LogP contribution in [0, 0.1) is 0 Å². The van der Waals surface area contributed by atoms with Gasteiger partial charge in [0.15, 0.2) is 0 Å². The molecule has 0 atom stereocenters. The van der Waals surface area contributed by atoms with E-state index in [9.17, 15) is 0 Å². The second-order valence-electron chi connectivity index (χ2n) is 7.07. The summed E-state index contributed by atoms with van der Waals surface area (Å²) < 4.78 is 4.96. The van der Waals surface area contributed by atoms with Gasteiger partial charge in [0.2, 0.25) is 0 Å². The van der Waals surface area contributed by atoms with Crippen molar-refractivity contribution in [1.29, 1.82) is 0 Å². The fourth-order valence-electron chi connectivity index (χ4n) is 3.25. The van der Waals surface area contributed by atoms with E-state index in [-0.39, 0.29) is 21.4 Å². The molecule has 0 N–H and O–H groups in total. The Bertz CT molecular complexity index is 286. The Morgan fingerprint density at radius 2 is 1.04 bits per heavy atom. The molecule has 2 heteroatoms. The molecule has 0 aromatic rings. The normalized spacial score (nSPS) is 13.3. The summed E-state index contributed by atoms with van der Waals surface area (Å²) in [6.07, 6.45) is 27.9. The number of allylic oxidation sites excluding steroid dienone is 1. The number of rotatable bonds is 17. The molecular weight excluding hydrogens is 388 g/mol. The van der Waals surface area contributed by atoms with E-state index in [1.807, 2.05) is 0 Å². The van der Waals surface area contributed by atoms with Crippen LogP contribution in [0.25, 0.3) is 0 Å². The molecule has 0 aromatic heterocycles. The molecule has 0 bridgehead atoms. The summed E-state index contributed by atoms with van der Waals surface area (Å²) in [5.41, 5.74) is 0. The van der Waals surface area contributed by atoms with E-state index in [0.29, 0.717) is 0 Å². The molecule has 1 aliphatic rings. The Morgan fingerprint density at radius 3 is 1.43 bits per heavy atom. The van der Waals surface area contributed by atoms with Crippen molar-refractivity contribution in [2.24, 2.45) is 0 Å². The monoisotopic (exact) mass is 427 g/mol. The van der Waals surface area contributed by atoms with Gasteiger partial charge in [0.1, 0.15) is 0 Å². The van der Waals surface area contributed by atoms with Crippen LogP contribution < -0.4 is 0 Å². The van der Waals surface area contributed by atoms with Gasteiger partial charge in [0, 0.05) is 0 Å². The third-order valence-corrected chi connectivity index (χ3v) is 7.47. The second kappa shape index (κ2) is 17.1. The predicted molar refractivity (Wildman–Crippen MR) is 107 cm³/mol. The first-order valence-corrected chi connectivity index (χ1v) is 13.0. The average molecular weight is 428 g/mol. The zero-order valence-electron chi connectivity index (χ0n) is 15.6. The van der Waals surface area contributed by atoms with Crippen molar-refractivity contribution < 1.29 is 0 Å². The molecule has 134 valence electrons. The number of hydrogen-bond donors (Lipinski definition) is 0. The van der Waals surface area contributed by atoms with E-state index in [4.69, 9.17) is 0 Å². The molecule has 0 saturated carbocycles. The minimum absolute atomic E-state index is 0.103. The van der Waals surface area contributed by atoms with Crippen LogP contribution in [-0.4, -0.2) is 35.0 Å². The van der Waals surface area contributed by atoms with Crippen molar-refractivity contribution in [2.45, 2.75) is 110 Å². The quantitative estimate of drug-likeness (QED) is 0.189. The molecule has 1 rings (SSSR count). The molecule has 0 spiro atoms. The van der Waals surface area contributed by atoms with Crippen LogP contribution in [0.2, 0.25) is 0 Å². The minimum atomic E-state index is -0.103. The van der Waals surface area contributed by atoms with E-state index in [2.05, 4.69) is 26.2 Å². The van der Waals surface area contributed by atoms with Gasteiger partial charge in [-0.2, -0.15) is 0 Å². The molecule has 0 fully saturated rings. The zero-order chi connectivity index (χ0) is 16.4. The number of nitrogens with zero attached hydrogens (tertiary/aromatic N) is 1. The summed E-state index contributed by atoms with van der Waals surface area (Å²) in [5.74, 6) is 0. The predicted octanol–water partition coefficient (Wildman–Crippen LogP) is 6.50. The van der Waals surface area contributed by atoms with Crippen molar-refractivity contribution in [3.63, 3.8) is 0 Å². The first kappa shape index (κ1) is 21.3. The Kier molecular flexibility index (Phi) is 15.8. The molecule has 1 heterocycles. The first-order chi connectivity index (χ1) is 11.4. The Morgan fingerprint density at radius 1 is 0.609 bits per heavy atom. The molecular formula is C21H40NSb. The maximum absolute atomic E-state index is 2.57. The topological polar surface area (TPSA) is 3.24 Å². The molecule has 1 nitrogen and oxygen atoms in total. The van der Waals surface area contributed by atoms with Crippen LogP contribution in [-0.2, 0) is 0 Å². The Hall–Kier alpha value is 0.228. The Balaban J connectivity index is 1.65. The van der Waals surface area contributed by atoms with E-state index in [1.54, 1.807) is 0 Å². The fourth-order valence-corrected chi connectivity index (χ4v) is 5.36. The van der Waals surface area contributed by atoms with Crippen LogP contribution in [0.4, 0.5) is 0 Å². The summed E-state index contributed by atoms with van der Waals surface area (Å²) in [7, 11) is 0. The van der Waals surface area contributed by atoms with Crippen LogP contribution in [0.3, 0.4) is 0 Å². The van der Waals surface area contributed by atoms with Gasteiger partial charge in [-0.3, -0.25) is 0 Å². The summed E-state index contributed by atoms with van der Waals surface area (Å²) in [4.78, 5) is 0. The van der Waals surface area contributed by atoms with Crippen LogP contribution in [0.5, 0.6) is 0 Å². The van der Waals surface area contributed by atoms with Gasteiger partial charge in [0.25, 0.3) is 0 Å². The average Bonchev–Trinajstić information content (AvgIpc) is 3.08. The van der Waals surface area contributed by atoms with E-state index in [0.717, 1.165) is 0 Å². The molecule has 23 heavy (non-hydrogen) atoms. The van der Waals surface area contributed by atoms with Gasteiger partial charge >= 0.3 is 111 Å². The van der Waals surface area contributed by atoms with Gasteiger partial charge in [0.05, 0.1) is 0 Å². The summed E-state index contributed by atoms with van der Waals surface area (Å²) in [5, 5.41) is 0. The molecule has 1 aliphatic heterocycles. The third-order valence-electron chi connectivity index (χ3n) is 4.80. The van der Waals surface area contributed by atoms with Gasteiger partial charge in [-0.15, -0.1) is 0 Å². The van der Waals surface area contributed by atoms with Gasteiger partial charge in [-0.1, -0.05) is 45.4 Å². The summed E-state index contributed by atoms with van der Waals surface area (Å²) in [6.45, 7) is 3.62. The van der Waals surface area contributed by atoms with Crippen molar-refractivity contribution in [1.82, 2.24) is 3.06 Å². The standard InChI is InChI=1S/C21H40N.Sb/c1-3-5-6-7-8-9-10-11-12-13-14-15-16-17-18-19-21-22-20-4-2;/h2,4,20H,3,5-19,21H2,1H3;/q-1;+1. The molecule has 0 aromatic carbocycles.